The maximum Gasteiger partial charge on any atom is 0.330 e. The molecule has 0 aromatic heterocycles. The Balaban J connectivity index is 3.03. The fraction of sp³-hybridized carbons (Fsp3) is 0.789. The van der Waals surface area contributed by atoms with Gasteiger partial charge < -0.3 is 9.47 Å². The Morgan fingerprint density at radius 2 is 1.62 bits per heavy atom. The Morgan fingerprint density at radius 3 is 2.08 bits per heavy atom. The molecule has 0 amide bonds. The van der Waals surface area contributed by atoms with Gasteiger partial charge >= 0.3 is 11.9 Å². The minimum Gasteiger partial charge on any atom is -0.466 e. The maximum absolute atomic E-state index is 12.8. The molecular formula is C19H33NO4. The number of esters is 2. The Kier molecular flexibility index (Phi) is 6.62. The molecule has 0 spiro atoms. The lowest BCUT2D eigenvalue weighted by Gasteiger charge is -2.57. The zero-order chi connectivity index (χ0) is 18.6. The Morgan fingerprint density at radius 1 is 1.08 bits per heavy atom. The SMILES string of the molecule is CC=CC(=O)OCCC1(C(=O)OCC)CC(C)(C)N(C)C(C)(C)C1. The van der Waals surface area contributed by atoms with Crippen molar-refractivity contribution in [3.05, 3.63) is 12.2 Å². The van der Waals surface area contributed by atoms with E-state index in [0.717, 1.165) is 0 Å². The van der Waals surface area contributed by atoms with Crippen molar-refractivity contribution in [3.8, 4) is 0 Å². The molecule has 1 fully saturated rings. The number of allylic oxidation sites excluding steroid dienone is 1. The summed E-state index contributed by atoms with van der Waals surface area (Å²) in [5.74, 6) is -0.552. The third-order valence-electron chi connectivity index (χ3n) is 5.19. The minimum absolute atomic E-state index is 0.151. The van der Waals surface area contributed by atoms with E-state index in [9.17, 15) is 9.59 Å². The molecule has 1 heterocycles. The van der Waals surface area contributed by atoms with Crippen molar-refractivity contribution >= 4 is 11.9 Å². The van der Waals surface area contributed by atoms with Gasteiger partial charge in [0.05, 0.1) is 18.6 Å². The van der Waals surface area contributed by atoms with Crippen LogP contribution in [0.1, 0.15) is 60.8 Å². The van der Waals surface area contributed by atoms with Crippen LogP contribution in [0.25, 0.3) is 0 Å². The second kappa shape index (κ2) is 7.68. The topological polar surface area (TPSA) is 55.8 Å². The van der Waals surface area contributed by atoms with E-state index in [2.05, 4.69) is 39.6 Å². The molecule has 1 aliphatic heterocycles. The van der Waals surface area contributed by atoms with Crippen LogP contribution in [0.2, 0.25) is 0 Å². The van der Waals surface area contributed by atoms with Crippen LogP contribution in [0, 0.1) is 5.41 Å². The molecule has 1 aliphatic rings. The Labute approximate surface area is 146 Å². The number of nitrogens with zero attached hydrogens (tertiary/aromatic N) is 1. The van der Waals surface area contributed by atoms with Crippen LogP contribution in [0.4, 0.5) is 0 Å². The third-order valence-corrected chi connectivity index (χ3v) is 5.19. The maximum atomic E-state index is 12.8. The van der Waals surface area contributed by atoms with Gasteiger partial charge in [0.2, 0.25) is 0 Å². The monoisotopic (exact) mass is 339 g/mol. The van der Waals surface area contributed by atoms with Crippen molar-refractivity contribution in [1.29, 1.82) is 0 Å². The molecule has 0 atom stereocenters. The lowest BCUT2D eigenvalue weighted by Crippen LogP contribution is -2.63. The molecule has 24 heavy (non-hydrogen) atoms. The number of carbonyl (C=O) groups excluding carboxylic acids is 2. The van der Waals surface area contributed by atoms with Gasteiger partial charge in [-0.3, -0.25) is 9.69 Å². The molecule has 0 radical (unpaired) electrons. The van der Waals surface area contributed by atoms with Crippen molar-refractivity contribution in [2.45, 2.75) is 71.9 Å². The molecule has 0 N–H and O–H groups in total. The molecule has 0 unspecified atom stereocenters. The van der Waals surface area contributed by atoms with Crippen LogP contribution in [0.5, 0.6) is 0 Å². The van der Waals surface area contributed by atoms with E-state index in [1.807, 2.05) is 6.92 Å². The predicted octanol–water partition coefficient (Wildman–Crippen LogP) is 3.33. The lowest BCUT2D eigenvalue weighted by atomic mass is 9.63. The zero-order valence-electron chi connectivity index (χ0n) is 16.3. The summed E-state index contributed by atoms with van der Waals surface area (Å²) in [5, 5.41) is 0. The van der Waals surface area contributed by atoms with Crippen LogP contribution in [0.15, 0.2) is 12.2 Å². The summed E-state index contributed by atoms with van der Waals surface area (Å²) in [7, 11) is 2.10. The Hall–Kier alpha value is -1.36. The largest absolute Gasteiger partial charge is 0.466 e. The molecule has 5 heteroatoms. The molecule has 0 aliphatic carbocycles. The number of rotatable bonds is 6. The van der Waals surface area contributed by atoms with Crippen LogP contribution in [-0.4, -0.2) is 48.2 Å². The summed E-state index contributed by atoms with van der Waals surface area (Å²) in [5.41, 5.74) is -0.935. The summed E-state index contributed by atoms with van der Waals surface area (Å²) >= 11 is 0. The van der Waals surface area contributed by atoms with Crippen LogP contribution >= 0.6 is 0 Å². The summed E-state index contributed by atoms with van der Waals surface area (Å²) < 4.78 is 10.7. The van der Waals surface area contributed by atoms with Gasteiger partial charge in [0.15, 0.2) is 0 Å². The second-order valence-electron chi connectivity index (χ2n) is 7.96. The van der Waals surface area contributed by atoms with E-state index < -0.39 is 5.41 Å². The van der Waals surface area contributed by atoms with E-state index >= 15 is 0 Å². The van der Waals surface area contributed by atoms with Gasteiger partial charge in [-0.1, -0.05) is 6.08 Å². The summed E-state index contributed by atoms with van der Waals surface area (Å²) in [6.07, 6.45) is 4.88. The molecule has 0 aromatic carbocycles. The van der Waals surface area contributed by atoms with Gasteiger partial charge in [-0.05, 0) is 67.9 Å². The predicted molar refractivity (Wildman–Crippen MR) is 94.6 cm³/mol. The number of carbonyl (C=O) groups is 2. The average Bonchev–Trinajstić information content (AvgIpc) is 2.44. The van der Waals surface area contributed by atoms with Crippen LogP contribution < -0.4 is 0 Å². The summed E-state index contributed by atoms with van der Waals surface area (Å²) in [4.78, 5) is 26.7. The first-order chi connectivity index (χ1) is 11.0. The highest BCUT2D eigenvalue weighted by Crippen LogP contribution is 2.49. The average molecular weight is 339 g/mol. The number of likely N-dealkylation sites (tertiary alicyclic amines) is 1. The smallest absolute Gasteiger partial charge is 0.330 e. The van der Waals surface area contributed by atoms with Gasteiger partial charge in [-0.2, -0.15) is 0 Å². The number of hydrogen-bond donors (Lipinski definition) is 0. The summed E-state index contributed by atoms with van der Waals surface area (Å²) in [6, 6.07) is 0. The van der Waals surface area contributed by atoms with E-state index in [1.54, 1.807) is 13.0 Å². The van der Waals surface area contributed by atoms with Gasteiger partial charge in [-0.25, -0.2) is 4.79 Å². The number of hydrogen-bond acceptors (Lipinski definition) is 5. The molecule has 0 saturated carbocycles. The van der Waals surface area contributed by atoms with Crippen LogP contribution in [-0.2, 0) is 19.1 Å². The van der Waals surface area contributed by atoms with Crippen LogP contribution in [0.3, 0.4) is 0 Å². The first-order valence-electron chi connectivity index (χ1n) is 8.71. The minimum atomic E-state index is -0.633. The quantitative estimate of drug-likeness (QED) is 0.549. The standard InChI is InChI=1S/C19H33NO4/c1-8-10-15(21)24-12-11-19(16(22)23-9-2)13-17(3,4)20(7)18(5,6)14-19/h8,10H,9,11-14H2,1-7H3. The third kappa shape index (κ3) is 4.59. The highest BCUT2D eigenvalue weighted by molar-refractivity contribution is 5.82. The molecule has 1 rings (SSSR count). The zero-order valence-corrected chi connectivity index (χ0v) is 16.3. The lowest BCUT2D eigenvalue weighted by molar-refractivity contribution is -0.172. The van der Waals surface area contributed by atoms with Gasteiger partial charge in [0.1, 0.15) is 0 Å². The fourth-order valence-electron chi connectivity index (χ4n) is 4.01. The van der Waals surface area contributed by atoms with E-state index in [1.165, 1.54) is 6.08 Å². The van der Waals surface area contributed by atoms with Crippen molar-refractivity contribution in [3.63, 3.8) is 0 Å². The molecule has 1 saturated heterocycles. The summed E-state index contributed by atoms with van der Waals surface area (Å²) in [6.45, 7) is 12.8. The van der Waals surface area contributed by atoms with Crippen molar-refractivity contribution in [2.24, 2.45) is 5.41 Å². The molecule has 0 bridgehead atoms. The van der Waals surface area contributed by atoms with E-state index in [-0.39, 0.29) is 29.6 Å². The van der Waals surface area contributed by atoms with Crippen molar-refractivity contribution in [1.82, 2.24) is 4.90 Å². The molecule has 0 aromatic rings. The second-order valence-corrected chi connectivity index (χ2v) is 7.96. The van der Waals surface area contributed by atoms with E-state index in [4.69, 9.17) is 9.47 Å². The normalized spacial score (nSPS) is 22.3. The van der Waals surface area contributed by atoms with E-state index in [0.29, 0.717) is 25.9 Å². The van der Waals surface area contributed by atoms with Gasteiger partial charge in [0.25, 0.3) is 0 Å². The molecule has 5 nitrogen and oxygen atoms in total. The first kappa shape index (κ1) is 20.7. The fourth-order valence-corrected chi connectivity index (χ4v) is 4.01. The van der Waals surface area contributed by atoms with Gasteiger partial charge in [-0.15, -0.1) is 0 Å². The van der Waals surface area contributed by atoms with Crippen molar-refractivity contribution < 1.29 is 19.1 Å². The highest BCUT2D eigenvalue weighted by Gasteiger charge is 2.54. The highest BCUT2D eigenvalue weighted by atomic mass is 16.5. The molecule has 138 valence electrons. The van der Waals surface area contributed by atoms with Crippen molar-refractivity contribution in [2.75, 3.05) is 20.3 Å². The number of piperidine rings is 1. The van der Waals surface area contributed by atoms with Gasteiger partial charge in [0, 0.05) is 17.2 Å². The first-order valence-corrected chi connectivity index (χ1v) is 8.71. The molecular weight excluding hydrogens is 306 g/mol. The Bertz CT molecular complexity index is 476. The number of ether oxygens (including phenoxy) is 2.